The summed E-state index contributed by atoms with van der Waals surface area (Å²) in [5.41, 5.74) is 0.451. The van der Waals surface area contributed by atoms with E-state index in [1.165, 1.54) is 32.4 Å². The van der Waals surface area contributed by atoms with Crippen LogP contribution in [0.25, 0.3) is 6.08 Å². The molecule has 2 rings (SSSR count). The molecule has 1 saturated heterocycles. The zero-order valence-corrected chi connectivity index (χ0v) is 14.7. The van der Waals surface area contributed by atoms with Crippen LogP contribution < -0.4 is 9.47 Å². The highest BCUT2D eigenvalue weighted by Crippen LogP contribution is 2.37. The highest BCUT2D eigenvalue weighted by atomic mass is 16.7. The highest BCUT2D eigenvalue weighted by molar-refractivity contribution is 5.87. The summed E-state index contributed by atoms with van der Waals surface area (Å²) in [4.78, 5) is 12.0. The third kappa shape index (κ3) is 4.67. The summed E-state index contributed by atoms with van der Waals surface area (Å²) in [5, 5.41) is 48.2. The Bertz CT molecular complexity index is 661. The van der Waals surface area contributed by atoms with Crippen LogP contribution in [-0.4, -0.2) is 83.0 Å². The Morgan fingerprint density at radius 2 is 1.70 bits per heavy atom. The maximum atomic E-state index is 12.0. The minimum Gasteiger partial charge on any atom is -0.502 e. The van der Waals surface area contributed by atoms with E-state index in [1.54, 1.807) is 0 Å². The second kappa shape index (κ2) is 9.02. The molecule has 150 valence electrons. The molecule has 1 fully saturated rings. The predicted octanol–water partition coefficient (Wildman–Crippen LogP) is -1.23. The standard InChI is InChI=1S/C17H22O10/c1-24-9-5-8(6-10(25-2)13(9)20)3-4-12(19)27-17-16(23)15(22)14(21)11(7-18)26-17/h3-6,11,14-18,20-23H,7H2,1-2H3/b4-3+/t11-,14-,15+,16-,17+/m0/s1. The lowest BCUT2D eigenvalue weighted by molar-refractivity contribution is -0.291. The molecule has 0 amide bonds. The number of carbonyl (C=O) groups excluding carboxylic acids is 1. The quantitative estimate of drug-likeness (QED) is 0.296. The van der Waals surface area contributed by atoms with Crippen LogP contribution in [0.5, 0.6) is 17.2 Å². The fraction of sp³-hybridized carbons (Fsp3) is 0.471. The molecule has 1 aliphatic rings. The van der Waals surface area contributed by atoms with E-state index in [0.29, 0.717) is 5.56 Å². The molecule has 0 aromatic heterocycles. The lowest BCUT2D eigenvalue weighted by Gasteiger charge is -2.38. The molecule has 0 bridgehead atoms. The molecule has 10 heteroatoms. The van der Waals surface area contributed by atoms with Gasteiger partial charge in [-0.15, -0.1) is 0 Å². The van der Waals surface area contributed by atoms with E-state index < -0.39 is 43.3 Å². The molecule has 0 spiro atoms. The first-order valence-electron chi connectivity index (χ1n) is 7.96. The Labute approximate surface area is 154 Å². The largest absolute Gasteiger partial charge is 0.502 e. The van der Waals surface area contributed by atoms with E-state index in [9.17, 15) is 25.2 Å². The first kappa shape index (κ1) is 20.9. The van der Waals surface area contributed by atoms with Gasteiger partial charge < -0.3 is 44.5 Å². The molecule has 5 atom stereocenters. The maximum absolute atomic E-state index is 12.0. The highest BCUT2D eigenvalue weighted by Gasteiger charge is 2.45. The predicted molar refractivity (Wildman–Crippen MR) is 90.1 cm³/mol. The molecular formula is C17H22O10. The number of esters is 1. The van der Waals surface area contributed by atoms with Crippen molar-refractivity contribution in [2.75, 3.05) is 20.8 Å². The van der Waals surface area contributed by atoms with Gasteiger partial charge in [0, 0.05) is 6.08 Å². The number of aliphatic hydroxyl groups is 4. The Morgan fingerprint density at radius 1 is 1.11 bits per heavy atom. The lowest BCUT2D eigenvalue weighted by atomic mass is 9.99. The molecule has 0 aliphatic carbocycles. The number of carbonyl (C=O) groups is 1. The number of ether oxygens (including phenoxy) is 4. The van der Waals surface area contributed by atoms with Crippen LogP contribution in [0, 0.1) is 0 Å². The van der Waals surface area contributed by atoms with Crippen molar-refractivity contribution in [3.05, 3.63) is 23.8 Å². The summed E-state index contributed by atoms with van der Waals surface area (Å²) in [6, 6.07) is 2.91. The monoisotopic (exact) mass is 386 g/mol. The van der Waals surface area contributed by atoms with Crippen molar-refractivity contribution in [1.82, 2.24) is 0 Å². The van der Waals surface area contributed by atoms with E-state index in [2.05, 4.69) is 0 Å². The van der Waals surface area contributed by atoms with Crippen molar-refractivity contribution in [2.45, 2.75) is 30.7 Å². The molecule has 1 aromatic rings. The molecule has 1 aromatic carbocycles. The Balaban J connectivity index is 2.09. The summed E-state index contributed by atoms with van der Waals surface area (Å²) in [6.45, 7) is -0.637. The normalized spacial score (nSPS) is 28.1. The lowest BCUT2D eigenvalue weighted by Crippen LogP contribution is -2.59. The van der Waals surface area contributed by atoms with Crippen LogP contribution >= 0.6 is 0 Å². The van der Waals surface area contributed by atoms with Crippen molar-refractivity contribution in [2.24, 2.45) is 0 Å². The number of aliphatic hydroxyl groups excluding tert-OH is 4. The Kier molecular flexibility index (Phi) is 6.99. The van der Waals surface area contributed by atoms with Gasteiger partial charge in [0.15, 0.2) is 11.5 Å². The molecule has 27 heavy (non-hydrogen) atoms. The van der Waals surface area contributed by atoms with Crippen LogP contribution in [-0.2, 0) is 14.3 Å². The van der Waals surface area contributed by atoms with Gasteiger partial charge in [-0.05, 0) is 23.8 Å². The second-order valence-corrected chi connectivity index (χ2v) is 5.74. The molecule has 0 unspecified atom stereocenters. The Morgan fingerprint density at radius 3 is 2.22 bits per heavy atom. The second-order valence-electron chi connectivity index (χ2n) is 5.74. The SMILES string of the molecule is COc1cc(/C=C/C(=O)O[C@H]2O[C@@H](CO)[C@H](O)[C@@H](O)[C@@H]2O)cc(OC)c1O. The molecule has 5 N–H and O–H groups in total. The van der Waals surface area contributed by atoms with Gasteiger partial charge in [0.2, 0.25) is 12.0 Å². The maximum Gasteiger partial charge on any atom is 0.333 e. The van der Waals surface area contributed by atoms with Gasteiger partial charge >= 0.3 is 5.97 Å². The Hall–Kier alpha value is -2.37. The molecule has 1 heterocycles. The van der Waals surface area contributed by atoms with Gasteiger partial charge in [0.1, 0.15) is 24.4 Å². The van der Waals surface area contributed by atoms with Crippen molar-refractivity contribution in [1.29, 1.82) is 0 Å². The summed E-state index contributed by atoms with van der Waals surface area (Å²) in [7, 11) is 2.71. The summed E-state index contributed by atoms with van der Waals surface area (Å²) in [6.07, 6.45) is -5.27. The number of phenols is 1. The van der Waals surface area contributed by atoms with Crippen LogP contribution in [0.15, 0.2) is 18.2 Å². The third-order valence-electron chi connectivity index (χ3n) is 3.99. The molecule has 1 aliphatic heterocycles. The van der Waals surface area contributed by atoms with Crippen LogP contribution in [0.3, 0.4) is 0 Å². The van der Waals surface area contributed by atoms with Gasteiger partial charge in [0.05, 0.1) is 20.8 Å². The van der Waals surface area contributed by atoms with Crippen molar-refractivity contribution in [3.8, 4) is 17.2 Å². The zero-order valence-electron chi connectivity index (χ0n) is 14.7. The summed E-state index contributed by atoms with van der Waals surface area (Å²) in [5.74, 6) is -0.834. The number of hydrogen-bond acceptors (Lipinski definition) is 10. The van der Waals surface area contributed by atoms with Crippen molar-refractivity contribution < 1.29 is 49.3 Å². The summed E-state index contributed by atoms with van der Waals surface area (Å²) >= 11 is 0. The van der Waals surface area contributed by atoms with Gasteiger partial charge in [-0.3, -0.25) is 0 Å². The van der Waals surface area contributed by atoms with Gasteiger partial charge in [-0.25, -0.2) is 4.79 Å². The number of aromatic hydroxyl groups is 1. The molecular weight excluding hydrogens is 364 g/mol. The first-order chi connectivity index (χ1) is 12.8. The van der Waals surface area contributed by atoms with Crippen molar-refractivity contribution >= 4 is 12.0 Å². The van der Waals surface area contributed by atoms with Gasteiger partial charge in [-0.2, -0.15) is 0 Å². The number of benzene rings is 1. The zero-order chi connectivity index (χ0) is 20.1. The van der Waals surface area contributed by atoms with Gasteiger partial charge in [0.25, 0.3) is 0 Å². The minimum absolute atomic E-state index is 0.135. The average molecular weight is 386 g/mol. The first-order valence-corrected chi connectivity index (χ1v) is 7.96. The van der Waals surface area contributed by atoms with Gasteiger partial charge in [-0.1, -0.05) is 0 Å². The van der Waals surface area contributed by atoms with E-state index >= 15 is 0 Å². The fourth-order valence-corrected chi connectivity index (χ4v) is 2.49. The minimum atomic E-state index is -1.69. The molecule has 0 radical (unpaired) electrons. The number of rotatable bonds is 6. The van der Waals surface area contributed by atoms with Crippen LogP contribution in [0.2, 0.25) is 0 Å². The number of phenolic OH excluding ortho intramolecular Hbond substituents is 1. The van der Waals surface area contributed by atoms with Crippen LogP contribution in [0.1, 0.15) is 5.56 Å². The van der Waals surface area contributed by atoms with E-state index in [4.69, 9.17) is 24.1 Å². The topological polar surface area (TPSA) is 155 Å². The number of methoxy groups -OCH3 is 2. The van der Waals surface area contributed by atoms with E-state index in [-0.39, 0.29) is 17.2 Å². The van der Waals surface area contributed by atoms with Crippen molar-refractivity contribution in [3.63, 3.8) is 0 Å². The average Bonchev–Trinajstić information content (AvgIpc) is 2.67. The number of hydrogen-bond donors (Lipinski definition) is 5. The van der Waals surface area contributed by atoms with E-state index in [1.807, 2.05) is 0 Å². The smallest absolute Gasteiger partial charge is 0.333 e. The fourth-order valence-electron chi connectivity index (χ4n) is 2.49. The third-order valence-corrected chi connectivity index (χ3v) is 3.99. The van der Waals surface area contributed by atoms with Crippen LogP contribution in [0.4, 0.5) is 0 Å². The molecule has 10 nitrogen and oxygen atoms in total. The summed E-state index contributed by atoms with van der Waals surface area (Å²) < 4.78 is 20.0. The molecule has 0 saturated carbocycles. The van der Waals surface area contributed by atoms with E-state index in [0.717, 1.165) is 6.08 Å².